The van der Waals surface area contributed by atoms with E-state index >= 15 is 14.4 Å². The van der Waals surface area contributed by atoms with E-state index in [1.807, 2.05) is 55.6 Å². The van der Waals surface area contributed by atoms with Crippen LogP contribution in [0.1, 0.15) is 101 Å². The molecule has 36 nitrogen and oxygen atoms in total. The molecule has 0 unspecified atom stereocenters. The van der Waals surface area contributed by atoms with Gasteiger partial charge in [-0.15, -0.1) is 0 Å². The molecule has 2 saturated heterocycles. The smallest absolute Gasteiger partial charge is 0.322 e. The van der Waals surface area contributed by atoms with Crippen LogP contribution in [0.3, 0.4) is 0 Å². The van der Waals surface area contributed by atoms with E-state index in [-0.39, 0.29) is 93.4 Å². The number of hydrogen-bond donors (Lipinski definition) is 18. The Kier molecular flexibility index (Phi) is 34.2. The Labute approximate surface area is 691 Å². The lowest BCUT2D eigenvalue weighted by Gasteiger charge is -2.31. The Morgan fingerprint density at radius 1 is 0.546 bits per heavy atom. The summed E-state index contributed by atoms with van der Waals surface area (Å²) in [7, 11) is 0. The van der Waals surface area contributed by atoms with E-state index in [1.165, 1.54) is 79.7 Å². The molecule has 2 fully saturated rings. The molecule has 0 bridgehead atoms. The van der Waals surface area contributed by atoms with Gasteiger partial charge in [0.05, 0.1) is 13.0 Å². The lowest BCUT2D eigenvalue weighted by atomic mass is 9.99. The first kappa shape index (κ1) is 91.6. The number of benzene rings is 5. The molecule has 1 aromatic heterocycles. The lowest BCUT2D eigenvalue weighted by molar-refractivity contribution is -0.142. The minimum Gasteiger partial charge on any atom is -0.394 e. The lowest BCUT2D eigenvalue weighted by Crippen LogP contribution is -2.62. The zero-order valence-electron chi connectivity index (χ0n) is 66.6. The molecule has 3 heterocycles. The molecule has 6 aromatic rings. The van der Waals surface area contributed by atoms with Crippen molar-refractivity contribution in [3.8, 4) is 0 Å². The van der Waals surface area contributed by atoms with Crippen molar-refractivity contribution in [2.24, 2.45) is 17.4 Å². The van der Waals surface area contributed by atoms with Crippen molar-refractivity contribution < 1.29 is 81.8 Å². The van der Waals surface area contributed by atoms with Crippen LogP contribution in [0, 0.1) is 5.92 Å². The second kappa shape index (κ2) is 44.4. The second-order valence-electron chi connectivity index (χ2n) is 29.8. The molecule has 119 heavy (non-hydrogen) atoms. The van der Waals surface area contributed by atoms with Gasteiger partial charge in [0.1, 0.15) is 66.5 Å². The molecule has 0 saturated carbocycles. The van der Waals surface area contributed by atoms with Crippen molar-refractivity contribution in [3.63, 3.8) is 0 Å². The van der Waals surface area contributed by atoms with Crippen LogP contribution in [0.25, 0.3) is 10.8 Å². The molecular weight excluding hydrogens is 1560 g/mol. The van der Waals surface area contributed by atoms with Crippen LogP contribution in [0.4, 0.5) is 21.0 Å². The third kappa shape index (κ3) is 29.0. The number of hydrogen-bond acceptors (Lipinski definition) is 19. The van der Waals surface area contributed by atoms with E-state index in [0.717, 1.165) is 10.8 Å². The first-order valence-electron chi connectivity index (χ1n) is 38.8. The van der Waals surface area contributed by atoms with E-state index in [1.54, 1.807) is 56.3 Å². The summed E-state index contributed by atoms with van der Waals surface area (Å²) >= 11 is 6.27. The monoisotopic (exact) mass is 1660 g/mol. The first-order valence-corrected chi connectivity index (χ1v) is 39.2. The highest BCUT2D eigenvalue weighted by Gasteiger charge is 2.41. The Morgan fingerprint density at radius 2 is 1.03 bits per heavy atom. The summed E-state index contributed by atoms with van der Waals surface area (Å²) in [5, 5.41) is 52.4. The van der Waals surface area contributed by atoms with Crippen molar-refractivity contribution >= 4 is 129 Å². The predicted molar refractivity (Wildman–Crippen MR) is 438 cm³/mol. The molecule has 18 amide bonds. The summed E-state index contributed by atoms with van der Waals surface area (Å²) in [6, 6.07) is 16.0. The number of rotatable bonds is 41. The number of likely N-dealkylation sites (tertiary alicyclic amines) is 1. The van der Waals surface area contributed by atoms with Gasteiger partial charge in [-0.3, -0.25) is 77.4 Å². The number of aliphatic hydroxyl groups excluding tert-OH is 1. The standard InChI is InChI=1S/C82H102ClN19O17/c1-44(2)33-58(72(109)98-65(42-88-68(105)29-31-87-45(3)4)80(117)102-32-10-14-67(102)79(116)89-46(5)70(84)107)93-74(111)61(36-50-20-27-57(28-21-50)92-81(85)118)95-76(113)62(37-49-18-25-56(26-19-49)91-71(108)64-40-69(106)101-82(119)100-64)97-78(115)66(43-103)99-77(114)63(39-52-11-9-30-86-41-52)96-75(112)60(35-48-16-23-55(83)24-17-48)94-73(110)59(90-47(6)104)38-51-15-22-53-12-7-8-13-54(53)34-51/h7-9,11-13,15-28,30,34,41,44-46,58-67,87,103H,10,14,29,31-33,35-40,42-43H2,1-6H3,(H2,84,107)(H,88,105)(H,89,116)(H,90,104)(H,91,108)(H,93,111)(H,94,110)(H,95,113)(H,96,112)(H,97,115)(H,98,109)(H,99,114)(H3,85,92,118)(H2,100,101,106,119)/t46-,58+,59-,60-,61-,62+,63-,64+,65+,66+,67+/m1/s1. The molecule has 37 heteroatoms. The number of imide groups is 1. The normalized spacial score (nSPS) is 16.0. The number of aliphatic hydroxyl groups is 1. The zero-order chi connectivity index (χ0) is 86.6. The predicted octanol–water partition coefficient (Wildman–Crippen LogP) is -0.149. The molecule has 634 valence electrons. The van der Waals surface area contributed by atoms with Crippen LogP contribution in [-0.2, 0) is 99.2 Å². The average Bonchev–Trinajstić information content (AvgIpc) is 1.73. The highest BCUT2D eigenvalue weighted by atomic mass is 35.5. The number of nitrogens with one attached hydrogen (secondary N) is 15. The van der Waals surface area contributed by atoms with Crippen LogP contribution < -0.4 is 91.2 Å². The van der Waals surface area contributed by atoms with Crippen molar-refractivity contribution in [1.82, 2.24) is 79.0 Å². The van der Waals surface area contributed by atoms with E-state index in [4.69, 9.17) is 23.1 Å². The maximum absolute atomic E-state index is 15.5. The SMILES string of the molecule is CC(=O)N[C@H](Cc1ccc2ccccc2c1)C(=O)N[C@H](Cc1ccc(Cl)cc1)C(=O)N[C@H](Cc1cccnc1)C(=O)N[C@@H](CO)C(=O)N[C@@H](Cc1ccc(NC(=O)[C@@H]2CC(=O)NC(=O)N2)cc1)C(=O)N[C@H](Cc1ccc(NC(N)=O)cc1)C(=O)N[C@@H](CC(C)C)C(=O)N[C@@H](CNC(=O)CCNC(C)C)C(=O)N1CCC[C@H]1C(=O)N[C@H](C)C(N)=O. The number of fused-ring (bicyclic) bond motifs is 1. The van der Waals surface area contributed by atoms with Crippen molar-refractivity contribution in [1.29, 1.82) is 0 Å². The largest absolute Gasteiger partial charge is 0.394 e. The molecule has 20 N–H and O–H groups in total. The Hall–Kier alpha value is -13.0. The van der Waals surface area contributed by atoms with Gasteiger partial charge in [-0.1, -0.05) is 124 Å². The van der Waals surface area contributed by atoms with E-state index in [0.29, 0.717) is 33.7 Å². The summed E-state index contributed by atoms with van der Waals surface area (Å²) in [5.74, 6) is -12.3. The molecule has 0 aliphatic carbocycles. The number of pyridine rings is 1. The minimum atomic E-state index is -1.95. The number of aromatic nitrogens is 1. The quantitative estimate of drug-likeness (QED) is 0.0237. The Bertz CT molecular complexity index is 4640. The Balaban J connectivity index is 1.10. The minimum absolute atomic E-state index is 0.00515. The highest BCUT2D eigenvalue weighted by molar-refractivity contribution is 6.30. The second-order valence-corrected chi connectivity index (χ2v) is 30.3. The van der Waals surface area contributed by atoms with Gasteiger partial charge in [0.25, 0.3) is 0 Å². The van der Waals surface area contributed by atoms with E-state index in [2.05, 4.69) is 79.4 Å². The Morgan fingerprint density at radius 3 is 1.55 bits per heavy atom. The van der Waals surface area contributed by atoms with E-state index in [9.17, 15) is 67.4 Å². The molecular formula is C82H102ClN19O17. The van der Waals surface area contributed by atoms with E-state index < -0.39 is 181 Å². The molecule has 8 rings (SSSR count). The number of nitrogens with zero attached hydrogens (tertiary/aromatic N) is 2. The summed E-state index contributed by atoms with van der Waals surface area (Å²) in [5.41, 5.74) is 13.4. The topological polar surface area (TPSA) is 542 Å². The highest BCUT2D eigenvalue weighted by Crippen LogP contribution is 2.23. The van der Waals surface area contributed by atoms with Crippen molar-refractivity contribution in [3.05, 3.63) is 173 Å². The number of amides is 18. The van der Waals surface area contributed by atoms with Crippen LogP contribution in [-0.4, -0.2) is 208 Å². The van der Waals surface area contributed by atoms with Gasteiger partial charge in [-0.05, 0) is 113 Å². The molecule has 0 radical (unpaired) electrons. The summed E-state index contributed by atoms with van der Waals surface area (Å²) in [6.07, 6.45) is 1.47. The number of primary amides is 2. The van der Waals surface area contributed by atoms with Gasteiger partial charge in [0, 0.05) is 99.9 Å². The summed E-state index contributed by atoms with van der Waals surface area (Å²) in [4.78, 5) is 227. The fourth-order valence-corrected chi connectivity index (χ4v) is 13.4. The van der Waals surface area contributed by atoms with Gasteiger partial charge in [0.15, 0.2) is 0 Å². The molecule has 2 aliphatic heterocycles. The van der Waals surface area contributed by atoms with Gasteiger partial charge in [-0.25, -0.2) is 9.59 Å². The third-order valence-electron chi connectivity index (χ3n) is 19.4. The fraction of sp³-hybridized carbons (Fsp3) is 0.402. The number of anilines is 2. The number of carbonyl (C=O) groups is 16. The van der Waals surface area contributed by atoms with Crippen molar-refractivity contribution in [2.75, 3.05) is 36.9 Å². The van der Waals surface area contributed by atoms with Crippen LogP contribution in [0.2, 0.25) is 5.02 Å². The van der Waals surface area contributed by atoms with Crippen LogP contribution >= 0.6 is 11.6 Å². The van der Waals surface area contributed by atoms with Crippen molar-refractivity contribution in [2.45, 2.75) is 178 Å². The summed E-state index contributed by atoms with van der Waals surface area (Å²) in [6.45, 7) is 8.45. The van der Waals surface area contributed by atoms with Crippen LogP contribution in [0.5, 0.6) is 0 Å². The number of nitrogens with two attached hydrogens (primary N) is 2. The fourth-order valence-electron chi connectivity index (χ4n) is 13.2. The number of halogens is 1. The van der Waals surface area contributed by atoms with Gasteiger partial charge < -0.3 is 95.9 Å². The molecule has 11 atom stereocenters. The maximum atomic E-state index is 15.5. The molecule has 5 aromatic carbocycles. The van der Waals surface area contributed by atoms with Gasteiger partial charge in [0.2, 0.25) is 82.7 Å². The van der Waals surface area contributed by atoms with Crippen LogP contribution in [0.15, 0.2) is 140 Å². The van der Waals surface area contributed by atoms with Gasteiger partial charge in [-0.2, -0.15) is 0 Å². The van der Waals surface area contributed by atoms with Gasteiger partial charge >= 0.3 is 12.1 Å². The summed E-state index contributed by atoms with van der Waals surface area (Å²) < 4.78 is 0. The zero-order valence-corrected chi connectivity index (χ0v) is 67.3. The molecule has 0 spiro atoms. The maximum Gasteiger partial charge on any atom is 0.322 e. The number of urea groups is 2. The number of carbonyl (C=O) groups excluding carboxylic acids is 16. The molecule has 2 aliphatic rings. The third-order valence-corrected chi connectivity index (χ3v) is 19.6. The average molecular weight is 1660 g/mol. The first-order chi connectivity index (χ1) is 56.7.